The standard InChI is InChI=1S/C16H11ClN2O/c17-15-10-4-9-14(18-15)16(20)19-13-8-3-6-11-5-1-2-7-12(11)13/h1-10H,(H,19,20). The molecule has 1 N–H and O–H groups in total. The number of anilines is 1. The van der Waals surface area contributed by atoms with Crippen molar-refractivity contribution < 1.29 is 4.79 Å². The summed E-state index contributed by atoms with van der Waals surface area (Å²) in [7, 11) is 0. The molecule has 0 aliphatic rings. The normalized spacial score (nSPS) is 10.4. The van der Waals surface area contributed by atoms with Crippen molar-refractivity contribution in [2.75, 3.05) is 5.32 Å². The summed E-state index contributed by atoms with van der Waals surface area (Å²) in [6, 6.07) is 18.6. The summed E-state index contributed by atoms with van der Waals surface area (Å²) < 4.78 is 0. The van der Waals surface area contributed by atoms with Crippen LogP contribution in [0.2, 0.25) is 5.15 Å². The van der Waals surface area contributed by atoms with Crippen LogP contribution < -0.4 is 5.32 Å². The van der Waals surface area contributed by atoms with Crippen LogP contribution >= 0.6 is 11.6 Å². The van der Waals surface area contributed by atoms with Crippen molar-refractivity contribution in [3.05, 3.63) is 71.5 Å². The van der Waals surface area contributed by atoms with E-state index in [2.05, 4.69) is 10.3 Å². The fourth-order valence-corrected chi connectivity index (χ4v) is 2.22. The van der Waals surface area contributed by atoms with Gasteiger partial charge in [0.15, 0.2) is 0 Å². The minimum atomic E-state index is -0.274. The number of nitrogens with zero attached hydrogens (tertiary/aromatic N) is 1. The molecule has 0 fully saturated rings. The Bertz CT molecular complexity index is 781. The molecule has 0 atom stereocenters. The molecule has 0 radical (unpaired) electrons. The lowest BCUT2D eigenvalue weighted by molar-refractivity contribution is 0.102. The van der Waals surface area contributed by atoms with Crippen LogP contribution in [-0.2, 0) is 0 Å². The highest BCUT2D eigenvalue weighted by molar-refractivity contribution is 6.29. The number of nitrogens with one attached hydrogen (secondary N) is 1. The maximum Gasteiger partial charge on any atom is 0.274 e. The van der Waals surface area contributed by atoms with Crippen molar-refractivity contribution >= 4 is 34.0 Å². The maximum absolute atomic E-state index is 12.2. The van der Waals surface area contributed by atoms with Gasteiger partial charge in [-0.15, -0.1) is 0 Å². The van der Waals surface area contributed by atoms with Crippen LogP contribution in [0.25, 0.3) is 10.8 Å². The van der Waals surface area contributed by atoms with Crippen molar-refractivity contribution in [3.8, 4) is 0 Å². The van der Waals surface area contributed by atoms with Gasteiger partial charge in [-0.3, -0.25) is 4.79 Å². The van der Waals surface area contributed by atoms with Crippen LogP contribution in [0.4, 0.5) is 5.69 Å². The van der Waals surface area contributed by atoms with E-state index in [-0.39, 0.29) is 5.91 Å². The quantitative estimate of drug-likeness (QED) is 0.718. The fraction of sp³-hybridized carbons (Fsp3) is 0. The van der Waals surface area contributed by atoms with Gasteiger partial charge in [-0.25, -0.2) is 4.98 Å². The average Bonchev–Trinajstić information content (AvgIpc) is 2.47. The first-order valence-electron chi connectivity index (χ1n) is 6.16. The topological polar surface area (TPSA) is 42.0 Å². The minimum absolute atomic E-state index is 0.274. The molecule has 0 bridgehead atoms. The SMILES string of the molecule is O=C(Nc1cccc2ccccc12)c1cccc(Cl)n1. The first-order chi connectivity index (χ1) is 9.74. The molecule has 20 heavy (non-hydrogen) atoms. The highest BCUT2D eigenvalue weighted by atomic mass is 35.5. The number of amides is 1. The Hall–Kier alpha value is -2.39. The number of pyridine rings is 1. The maximum atomic E-state index is 12.2. The molecule has 1 amide bonds. The summed E-state index contributed by atoms with van der Waals surface area (Å²) in [5.41, 5.74) is 1.06. The highest BCUT2D eigenvalue weighted by Crippen LogP contribution is 2.23. The second kappa shape index (κ2) is 5.31. The van der Waals surface area contributed by atoms with Gasteiger partial charge >= 0.3 is 0 Å². The van der Waals surface area contributed by atoms with E-state index in [0.717, 1.165) is 16.5 Å². The van der Waals surface area contributed by atoms with Crippen LogP contribution in [0.15, 0.2) is 60.7 Å². The van der Waals surface area contributed by atoms with Crippen LogP contribution in [0.3, 0.4) is 0 Å². The Morgan fingerprint density at radius 1 is 0.950 bits per heavy atom. The summed E-state index contributed by atoms with van der Waals surface area (Å²) >= 11 is 5.80. The summed E-state index contributed by atoms with van der Waals surface area (Å²) in [5.74, 6) is -0.274. The Labute approximate surface area is 121 Å². The van der Waals surface area contributed by atoms with Gasteiger partial charge in [-0.1, -0.05) is 54.1 Å². The van der Waals surface area contributed by atoms with Crippen LogP contribution in [0, 0.1) is 0 Å². The van der Waals surface area contributed by atoms with E-state index < -0.39 is 0 Å². The first-order valence-corrected chi connectivity index (χ1v) is 6.53. The third kappa shape index (κ3) is 2.49. The summed E-state index contributed by atoms with van der Waals surface area (Å²) in [6.45, 7) is 0. The van der Waals surface area contributed by atoms with E-state index in [1.54, 1.807) is 18.2 Å². The number of benzene rings is 2. The number of hydrogen-bond donors (Lipinski definition) is 1. The van der Waals surface area contributed by atoms with Gasteiger partial charge in [0.05, 0.1) is 0 Å². The van der Waals surface area contributed by atoms with Gasteiger partial charge < -0.3 is 5.32 Å². The summed E-state index contributed by atoms with van der Waals surface area (Å²) in [6.07, 6.45) is 0. The molecule has 1 aromatic heterocycles. The zero-order chi connectivity index (χ0) is 13.9. The first kappa shape index (κ1) is 12.6. The Morgan fingerprint density at radius 2 is 1.70 bits per heavy atom. The van der Waals surface area contributed by atoms with Crippen LogP contribution in [0.1, 0.15) is 10.5 Å². The number of fused-ring (bicyclic) bond motifs is 1. The largest absolute Gasteiger partial charge is 0.320 e. The Morgan fingerprint density at radius 3 is 2.55 bits per heavy atom. The monoisotopic (exact) mass is 282 g/mol. The molecule has 0 unspecified atom stereocenters. The van der Waals surface area contributed by atoms with E-state index in [4.69, 9.17) is 11.6 Å². The minimum Gasteiger partial charge on any atom is -0.320 e. The molecule has 4 heteroatoms. The highest BCUT2D eigenvalue weighted by Gasteiger charge is 2.09. The van der Waals surface area contributed by atoms with E-state index in [0.29, 0.717) is 10.8 Å². The fourth-order valence-electron chi connectivity index (χ4n) is 2.06. The lowest BCUT2D eigenvalue weighted by atomic mass is 10.1. The zero-order valence-electron chi connectivity index (χ0n) is 10.5. The number of carbonyl (C=O) groups excluding carboxylic acids is 1. The van der Waals surface area contributed by atoms with Crippen molar-refractivity contribution in [2.24, 2.45) is 0 Å². The van der Waals surface area contributed by atoms with E-state index in [1.165, 1.54) is 0 Å². The number of hydrogen-bond acceptors (Lipinski definition) is 2. The van der Waals surface area contributed by atoms with Gasteiger partial charge in [-0.05, 0) is 23.6 Å². The average molecular weight is 283 g/mol. The molecule has 2 aromatic carbocycles. The number of aromatic nitrogens is 1. The second-order valence-electron chi connectivity index (χ2n) is 4.33. The van der Waals surface area contributed by atoms with Crippen LogP contribution in [0.5, 0.6) is 0 Å². The number of carbonyl (C=O) groups is 1. The van der Waals surface area contributed by atoms with Crippen molar-refractivity contribution in [2.45, 2.75) is 0 Å². The van der Waals surface area contributed by atoms with E-state index >= 15 is 0 Å². The molecule has 0 saturated heterocycles. The van der Waals surface area contributed by atoms with Crippen LogP contribution in [-0.4, -0.2) is 10.9 Å². The van der Waals surface area contributed by atoms with Gasteiger partial charge in [0.1, 0.15) is 10.8 Å². The summed E-state index contributed by atoms with van der Waals surface area (Å²) in [4.78, 5) is 16.2. The Balaban J connectivity index is 1.95. The second-order valence-corrected chi connectivity index (χ2v) is 4.71. The third-order valence-electron chi connectivity index (χ3n) is 2.99. The number of rotatable bonds is 2. The molecular formula is C16H11ClN2O. The van der Waals surface area contributed by atoms with Crippen molar-refractivity contribution in [1.29, 1.82) is 0 Å². The van der Waals surface area contributed by atoms with E-state index in [1.807, 2.05) is 42.5 Å². The molecular weight excluding hydrogens is 272 g/mol. The predicted molar refractivity (Wildman–Crippen MR) is 81.1 cm³/mol. The van der Waals surface area contributed by atoms with Crippen molar-refractivity contribution in [1.82, 2.24) is 4.98 Å². The molecule has 1 heterocycles. The molecule has 0 aliphatic carbocycles. The molecule has 0 aliphatic heterocycles. The smallest absolute Gasteiger partial charge is 0.274 e. The predicted octanol–water partition coefficient (Wildman–Crippen LogP) is 4.14. The molecule has 0 saturated carbocycles. The molecule has 3 nitrogen and oxygen atoms in total. The number of halogens is 1. The zero-order valence-corrected chi connectivity index (χ0v) is 11.3. The molecule has 3 aromatic rings. The molecule has 98 valence electrons. The Kier molecular flexibility index (Phi) is 3.35. The summed E-state index contributed by atoms with van der Waals surface area (Å²) in [5, 5.41) is 5.23. The van der Waals surface area contributed by atoms with Crippen molar-refractivity contribution in [3.63, 3.8) is 0 Å². The van der Waals surface area contributed by atoms with E-state index in [9.17, 15) is 4.79 Å². The van der Waals surface area contributed by atoms with Gasteiger partial charge in [0.25, 0.3) is 5.91 Å². The molecule has 3 rings (SSSR count). The van der Waals surface area contributed by atoms with Gasteiger partial charge in [0.2, 0.25) is 0 Å². The van der Waals surface area contributed by atoms with Gasteiger partial charge in [0, 0.05) is 11.1 Å². The molecule has 0 spiro atoms. The van der Waals surface area contributed by atoms with Gasteiger partial charge in [-0.2, -0.15) is 0 Å². The lowest BCUT2D eigenvalue weighted by Crippen LogP contribution is -2.13. The third-order valence-corrected chi connectivity index (χ3v) is 3.20. The lowest BCUT2D eigenvalue weighted by Gasteiger charge is -2.08.